The molecule has 0 aromatic heterocycles. The number of rotatable bonds is 3. The molecular weight excluding hydrogens is 224 g/mol. The normalized spacial score (nSPS) is 19.1. The van der Waals surface area contributed by atoms with Gasteiger partial charge in [0, 0.05) is 5.92 Å². The maximum atomic E-state index is 5.54. The lowest BCUT2D eigenvalue weighted by Crippen LogP contribution is -2.20. The van der Waals surface area contributed by atoms with E-state index in [1.54, 1.807) is 0 Å². The van der Waals surface area contributed by atoms with Crippen LogP contribution in [0.2, 0.25) is 0 Å². The highest BCUT2D eigenvalue weighted by atomic mass is 16.7. The summed E-state index contributed by atoms with van der Waals surface area (Å²) in [5.74, 6) is 0.410. The van der Waals surface area contributed by atoms with Crippen LogP contribution in [0.25, 0.3) is 0 Å². The van der Waals surface area contributed by atoms with Crippen LogP contribution >= 0.6 is 0 Å². The van der Waals surface area contributed by atoms with Crippen LogP contribution in [0.3, 0.4) is 0 Å². The topological polar surface area (TPSA) is 18.5 Å². The molecule has 0 radical (unpaired) electrons. The summed E-state index contributed by atoms with van der Waals surface area (Å²) >= 11 is 0. The Morgan fingerprint density at radius 3 is 2.17 bits per heavy atom. The molecule has 1 aliphatic heterocycles. The molecule has 1 aromatic carbocycles. The predicted molar refractivity (Wildman–Crippen MR) is 73.7 cm³/mol. The minimum atomic E-state index is -0.0210. The average molecular weight is 248 g/mol. The highest BCUT2D eigenvalue weighted by molar-refractivity contribution is 5.27. The summed E-state index contributed by atoms with van der Waals surface area (Å²) in [6.07, 6.45) is 0.988. The summed E-state index contributed by atoms with van der Waals surface area (Å²) in [5, 5.41) is 0. The lowest BCUT2D eigenvalue weighted by atomic mass is 9.86. The molecule has 0 amide bonds. The van der Waals surface area contributed by atoms with Crippen LogP contribution in [0.4, 0.5) is 0 Å². The summed E-state index contributed by atoms with van der Waals surface area (Å²) in [6.45, 7) is 10.4. The second-order valence-corrected chi connectivity index (χ2v) is 6.24. The summed E-state index contributed by atoms with van der Waals surface area (Å²) in [4.78, 5) is 0. The minimum absolute atomic E-state index is 0.0210. The van der Waals surface area contributed by atoms with Gasteiger partial charge in [0.1, 0.15) is 0 Å². The van der Waals surface area contributed by atoms with Crippen LogP contribution in [0.15, 0.2) is 24.3 Å². The van der Waals surface area contributed by atoms with E-state index in [-0.39, 0.29) is 11.7 Å². The Bertz CT molecular complexity index is 369. The first kappa shape index (κ1) is 13.6. The van der Waals surface area contributed by atoms with Crippen molar-refractivity contribution in [3.8, 4) is 0 Å². The molecule has 1 saturated heterocycles. The molecule has 2 nitrogen and oxygen atoms in total. The Balaban J connectivity index is 1.97. The molecule has 100 valence electrons. The van der Waals surface area contributed by atoms with E-state index < -0.39 is 0 Å². The zero-order chi connectivity index (χ0) is 13.2. The van der Waals surface area contributed by atoms with Crippen molar-refractivity contribution in [1.29, 1.82) is 0 Å². The van der Waals surface area contributed by atoms with Crippen molar-refractivity contribution in [2.75, 3.05) is 13.2 Å². The van der Waals surface area contributed by atoms with Crippen molar-refractivity contribution in [2.45, 2.75) is 45.8 Å². The molecule has 0 aliphatic carbocycles. The molecule has 1 fully saturated rings. The molecule has 1 aliphatic rings. The van der Waals surface area contributed by atoms with Crippen LogP contribution < -0.4 is 0 Å². The predicted octanol–water partition coefficient (Wildman–Crippen LogP) is 3.54. The van der Waals surface area contributed by atoms with Crippen LogP contribution in [-0.4, -0.2) is 19.5 Å². The van der Waals surface area contributed by atoms with Crippen molar-refractivity contribution >= 4 is 0 Å². The first-order valence-corrected chi connectivity index (χ1v) is 6.79. The quantitative estimate of drug-likeness (QED) is 0.814. The Morgan fingerprint density at radius 1 is 1.11 bits per heavy atom. The number of hydrogen-bond donors (Lipinski definition) is 0. The van der Waals surface area contributed by atoms with Crippen molar-refractivity contribution < 1.29 is 9.47 Å². The van der Waals surface area contributed by atoms with Crippen LogP contribution in [-0.2, 0) is 21.3 Å². The lowest BCUT2D eigenvalue weighted by Gasteiger charge is -2.21. The first-order chi connectivity index (χ1) is 8.47. The molecule has 18 heavy (non-hydrogen) atoms. The molecule has 1 unspecified atom stereocenters. The molecule has 1 atom stereocenters. The minimum Gasteiger partial charge on any atom is -0.350 e. The zero-order valence-electron chi connectivity index (χ0n) is 11.9. The van der Waals surface area contributed by atoms with Crippen LogP contribution in [0, 0.1) is 5.92 Å². The fourth-order valence-electron chi connectivity index (χ4n) is 2.31. The SMILES string of the molecule is CC(Cc1ccc(C(C)(C)C)cc1)C1OCCO1. The van der Waals surface area contributed by atoms with E-state index in [9.17, 15) is 0 Å². The second-order valence-electron chi connectivity index (χ2n) is 6.24. The van der Waals surface area contributed by atoms with Crippen LogP contribution in [0.5, 0.6) is 0 Å². The Hall–Kier alpha value is -0.860. The summed E-state index contributed by atoms with van der Waals surface area (Å²) < 4.78 is 11.1. The monoisotopic (exact) mass is 248 g/mol. The van der Waals surface area contributed by atoms with Gasteiger partial charge in [0.25, 0.3) is 0 Å². The van der Waals surface area contributed by atoms with Crippen molar-refractivity contribution in [3.63, 3.8) is 0 Å². The standard InChI is InChI=1S/C16H24O2/c1-12(15-17-9-10-18-15)11-13-5-7-14(8-6-13)16(2,3)4/h5-8,12,15H,9-11H2,1-4H3. The molecule has 0 saturated carbocycles. The van der Waals surface area contributed by atoms with E-state index in [0.29, 0.717) is 5.92 Å². The van der Waals surface area contributed by atoms with Crippen molar-refractivity contribution in [1.82, 2.24) is 0 Å². The first-order valence-electron chi connectivity index (χ1n) is 6.79. The Morgan fingerprint density at radius 2 is 1.67 bits per heavy atom. The smallest absolute Gasteiger partial charge is 0.160 e. The third kappa shape index (κ3) is 3.33. The van der Waals surface area contributed by atoms with Gasteiger partial charge < -0.3 is 9.47 Å². The fourth-order valence-corrected chi connectivity index (χ4v) is 2.31. The van der Waals surface area contributed by atoms with E-state index in [1.807, 2.05) is 0 Å². The van der Waals surface area contributed by atoms with Gasteiger partial charge in [0.05, 0.1) is 13.2 Å². The summed E-state index contributed by atoms with van der Waals surface area (Å²) in [6, 6.07) is 8.93. The van der Waals surface area contributed by atoms with Gasteiger partial charge in [-0.05, 0) is 23.0 Å². The molecule has 2 heteroatoms. The van der Waals surface area contributed by atoms with Gasteiger partial charge in [-0.2, -0.15) is 0 Å². The number of hydrogen-bond acceptors (Lipinski definition) is 2. The molecule has 0 spiro atoms. The van der Waals surface area contributed by atoms with Gasteiger partial charge in [0.2, 0.25) is 0 Å². The van der Waals surface area contributed by atoms with Gasteiger partial charge in [-0.25, -0.2) is 0 Å². The molecule has 1 aromatic rings. The van der Waals surface area contributed by atoms with Gasteiger partial charge in [-0.15, -0.1) is 0 Å². The van der Waals surface area contributed by atoms with E-state index in [0.717, 1.165) is 19.6 Å². The third-order valence-corrected chi connectivity index (χ3v) is 3.49. The highest BCUT2D eigenvalue weighted by Crippen LogP contribution is 2.24. The van der Waals surface area contributed by atoms with E-state index >= 15 is 0 Å². The third-order valence-electron chi connectivity index (χ3n) is 3.49. The zero-order valence-corrected chi connectivity index (χ0v) is 11.9. The van der Waals surface area contributed by atoms with Crippen molar-refractivity contribution in [3.05, 3.63) is 35.4 Å². The number of ether oxygens (including phenoxy) is 2. The maximum Gasteiger partial charge on any atom is 0.160 e. The van der Waals surface area contributed by atoms with Gasteiger partial charge >= 0.3 is 0 Å². The summed E-state index contributed by atoms with van der Waals surface area (Å²) in [5.41, 5.74) is 2.96. The molecule has 0 N–H and O–H groups in total. The van der Waals surface area contributed by atoms with Gasteiger partial charge in [-0.3, -0.25) is 0 Å². The van der Waals surface area contributed by atoms with E-state index in [2.05, 4.69) is 52.0 Å². The number of benzene rings is 1. The van der Waals surface area contributed by atoms with E-state index in [4.69, 9.17) is 9.47 Å². The Labute approximate surface area is 110 Å². The fraction of sp³-hybridized carbons (Fsp3) is 0.625. The molecule has 2 rings (SSSR count). The highest BCUT2D eigenvalue weighted by Gasteiger charge is 2.23. The lowest BCUT2D eigenvalue weighted by molar-refractivity contribution is -0.0780. The largest absolute Gasteiger partial charge is 0.350 e. The van der Waals surface area contributed by atoms with Gasteiger partial charge in [0.15, 0.2) is 6.29 Å². The molecule has 0 bridgehead atoms. The summed E-state index contributed by atoms with van der Waals surface area (Å²) in [7, 11) is 0. The maximum absolute atomic E-state index is 5.54. The van der Waals surface area contributed by atoms with Crippen LogP contribution in [0.1, 0.15) is 38.8 Å². The molecular formula is C16H24O2. The second kappa shape index (κ2) is 5.41. The van der Waals surface area contributed by atoms with Crippen molar-refractivity contribution in [2.24, 2.45) is 5.92 Å². The molecule has 1 heterocycles. The Kier molecular flexibility index (Phi) is 4.08. The van der Waals surface area contributed by atoms with E-state index in [1.165, 1.54) is 11.1 Å². The van der Waals surface area contributed by atoms with Gasteiger partial charge in [-0.1, -0.05) is 52.0 Å². The average Bonchev–Trinajstić information content (AvgIpc) is 2.82.